The van der Waals surface area contributed by atoms with E-state index in [4.69, 9.17) is 14.6 Å². The van der Waals surface area contributed by atoms with Crippen LogP contribution < -0.4 is 9.47 Å². The first kappa shape index (κ1) is 31.3. The lowest BCUT2D eigenvalue weighted by Crippen LogP contribution is -2.47. The molecular formula is C33H36FN7O4. The number of carbonyl (C=O) groups excluding carboxylic acids is 1. The summed E-state index contributed by atoms with van der Waals surface area (Å²) in [5.74, 6) is 0.206. The molecule has 5 aromatic heterocycles. The number of pyridine rings is 3. The molecule has 1 aliphatic heterocycles. The zero-order chi connectivity index (χ0) is 32.1. The Kier molecular flexibility index (Phi) is 9.53. The van der Waals surface area contributed by atoms with Gasteiger partial charge in [0.05, 0.1) is 62.3 Å². The molecule has 0 bridgehead atoms. The highest BCUT2D eigenvalue weighted by Gasteiger charge is 2.32. The van der Waals surface area contributed by atoms with E-state index in [1.807, 2.05) is 60.8 Å². The van der Waals surface area contributed by atoms with Crippen LogP contribution in [-0.2, 0) is 24.3 Å². The number of nitrogens with zero attached hydrogens (tertiary/aromatic N) is 7. The zero-order valence-electron chi connectivity index (χ0n) is 25.7. The van der Waals surface area contributed by atoms with E-state index in [9.17, 15) is 14.3 Å². The van der Waals surface area contributed by atoms with Gasteiger partial charge in [0.25, 0.3) is 0 Å². The van der Waals surface area contributed by atoms with Crippen LogP contribution in [0, 0.1) is 12.7 Å². The first-order chi connectivity index (χ1) is 21.9. The van der Waals surface area contributed by atoms with Crippen molar-refractivity contribution in [2.24, 2.45) is 0 Å². The van der Waals surface area contributed by atoms with Crippen molar-refractivity contribution >= 4 is 11.4 Å². The monoisotopic (exact) mass is 613 g/mol. The van der Waals surface area contributed by atoms with Crippen LogP contribution in [0.1, 0.15) is 42.6 Å². The van der Waals surface area contributed by atoms with Gasteiger partial charge in [0, 0.05) is 35.6 Å². The Morgan fingerprint density at radius 2 is 2.02 bits per heavy atom. The quantitative estimate of drug-likeness (QED) is 0.237. The Balaban J connectivity index is 0.00000196. The van der Waals surface area contributed by atoms with Gasteiger partial charge >= 0.3 is 0 Å². The Bertz CT molecular complexity index is 1790. The number of methoxy groups -OCH3 is 1. The summed E-state index contributed by atoms with van der Waals surface area (Å²) in [6, 6.07) is 10.1. The maximum atomic E-state index is 13.5. The summed E-state index contributed by atoms with van der Waals surface area (Å²) in [6.07, 6.45) is 7.26. The third-order valence-electron chi connectivity index (χ3n) is 7.65. The molecule has 0 fully saturated rings. The van der Waals surface area contributed by atoms with Gasteiger partial charge in [0.1, 0.15) is 5.82 Å². The van der Waals surface area contributed by atoms with Gasteiger partial charge in [-0.1, -0.05) is 26.5 Å². The van der Waals surface area contributed by atoms with Crippen LogP contribution in [0.25, 0.3) is 16.8 Å². The van der Waals surface area contributed by atoms with E-state index < -0.39 is 18.5 Å². The van der Waals surface area contributed by atoms with Crippen molar-refractivity contribution in [2.75, 3.05) is 13.7 Å². The predicted octanol–water partition coefficient (Wildman–Crippen LogP) is 4.72. The van der Waals surface area contributed by atoms with Gasteiger partial charge in [-0.3, -0.25) is 19.4 Å². The Hall–Kier alpha value is -5.10. The second-order valence-corrected chi connectivity index (χ2v) is 10.2. The highest BCUT2D eigenvalue weighted by atomic mass is 19.1. The number of aliphatic hydroxyl groups excluding tert-OH is 1. The normalized spacial score (nSPS) is 14.7. The number of aliphatic hydroxyl groups is 1. The zero-order valence-corrected chi connectivity index (χ0v) is 25.7. The van der Waals surface area contributed by atoms with Gasteiger partial charge in [-0.2, -0.15) is 10.2 Å². The lowest BCUT2D eigenvalue weighted by Gasteiger charge is -2.35. The minimum Gasteiger partial charge on any atom is -0.493 e. The molecule has 12 heteroatoms. The van der Waals surface area contributed by atoms with Crippen LogP contribution in [0.2, 0.25) is 0 Å². The lowest BCUT2D eigenvalue weighted by atomic mass is 10.0. The molecule has 1 aliphatic rings. The molecule has 2 atom stereocenters. The van der Waals surface area contributed by atoms with Gasteiger partial charge in [0.2, 0.25) is 5.91 Å². The molecule has 45 heavy (non-hydrogen) atoms. The molecule has 0 saturated carbocycles. The van der Waals surface area contributed by atoms with Gasteiger partial charge in [-0.15, -0.1) is 0 Å². The third kappa shape index (κ3) is 6.27. The van der Waals surface area contributed by atoms with E-state index in [1.165, 1.54) is 25.3 Å². The van der Waals surface area contributed by atoms with E-state index in [0.29, 0.717) is 53.5 Å². The summed E-state index contributed by atoms with van der Waals surface area (Å²) >= 11 is 0. The van der Waals surface area contributed by atoms with E-state index in [1.54, 1.807) is 16.9 Å². The first-order valence-electron chi connectivity index (χ1n) is 14.7. The van der Waals surface area contributed by atoms with Crippen LogP contribution in [0.5, 0.6) is 11.5 Å². The number of rotatable bonds is 9. The maximum Gasteiger partial charge on any atom is 0.246 e. The molecule has 0 saturated heterocycles. The molecule has 234 valence electrons. The van der Waals surface area contributed by atoms with Crippen LogP contribution >= 0.6 is 0 Å². The van der Waals surface area contributed by atoms with Crippen molar-refractivity contribution in [3.05, 3.63) is 102 Å². The van der Waals surface area contributed by atoms with Gasteiger partial charge in [-0.25, -0.2) is 8.91 Å². The van der Waals surface area contributed by atoms with E-state index in [0.717, 1.165) is 23.1 Å². The number of hydrogen-bond donors (Lipinski definition) is 1. The number of amides is 1. The second kappa shape index (κ2) is 13.7. The number of hydrogen-bond acceptors (Lipinski definition) is 8. The van der Waals surface area contributed by atoms with Crippen molar-refractivity contribution in [3.63, 3.8) is 0 Å². The smallest absolute Gasteiger partial charge is 0.246 e. The van der Waals surface area contributed by atoms with Crippen molar-refractivity contribution < 1.29 is 23.8 Å². The average Bonchev–Trinajstić information content (AvgIpc) is 3.64. The van der Waals surface area contributed by atoms with E-state index >= 15 is 0 Å². The standard InChI is InChI=1S/C31H30FN7O4.C2H6/c1-4-29(41)37-17-25-19(2)30(36-38(25)16-23(37)12-22-7-5-6-10-33-22)20-11-26(31-27(42-3)14-35-39(31)15-20)43-28(18-40)24-9-8-21(32)13-34-24;1-2/h4-11,13-15,23,28,40H,1,12,16-18H2,2-3H3;1-2H3. The Morgan fingerprint density at radius 3 is 2.69 bits per heavy atom. The van der Waals surface area contributed by atoms with Gasteiger partial charge < -0.3 is 19.5 Å². The van der Waals surface area contributed by atoms with E-state index in [-0.39, 0.29) is 11.9 Å². The minimum atomic E-state index is -0.874. The maximum absolute atomic E-state index is 13.5. The molecule has 2 unspecified atom stereocenters. The number of fused-ring (bicyclic) bond motifs is 2. The van der Waals surface area contributed by atoms with Gasteiger partial charge in [-0.05, 0) is 43.3 Å². The van der Waals surface area contributed by atoms with Crippen molar-refractivity contribution in [3.8, 4) is 22.8 Å². The molecular weight excluding hydrogens is 577 g/mol. The molecule has 1 amide bonds. The number of halogens is 1. The molecule has 0 radical (unpaired) electrons. The predicted molar refractivity (Wildman–Crippen MR) is 166 cm³/mol. The fraction of sp³-hybridized carbons (Fsp3) is 0.303. The highest BCUT2D eigenvalue weighted by molar-refractivity contribution is 5.87. The summed E-state index contributed by atoms with van der Waals surface area (Å²) < 4.78 is 28.9. The summed E-state index contributed by atoms with van der Waals surface area (Å²) in [5.41, 5.74) is 5.02. The fourth-order valence-electron chi connectivity index (χ4n) is 5.46. The summed E-state index contributed by atoms with van der Waals surface area (Å²) in [7, 11) is 1.53. The van der Waals surface area contributed by atoms with Crippen LogP contribution in [-0.4, -0.2) is 65.0 Å². The molecule has 6 heterocycles. The average molecular weight is 614 g/mol. The van der Waals surface area contributed by atoms with Gasteiger partial charge in [0.15, 0.2) is 23.1 Å². The van der Waals surface area contributed by atoms with Crippen molar-refractivity contribution in [2.45, 2.75) is 52.4 Å². The molecule has 0 aromatic carbocycles. The number of ether oxygens (including phenoxy) is 2. The Morgan fingerprint density at radius 1 is 1.20 bits per heavy atom. The van der Waals surface area contributed by atoms with Crippen molar-refractivity contribution in [1.29, 1.82) is 0 Å². The largest absolute Gasteiger partial charge is 0.493 e. The summed E-state index contributed by atoms with van der Waals surface area (Å²) in [5, 5.41) is 19.6. The van der Waals surface area contributed by atoms with Crippen molar-refractivity contribution in [1.82, 2.24) is 34.3 Å². The number of carbonyl (C=O) groups is 1. The molecule has 0 spiro atoms. The summed E-state index contributed by atoms with van der Waals surface area (Å²) in [6.45, 7) is 10.1. The lowest BCUT2D eigenvalue weighted by molar-refractivity contribution is -0.130. The number of aromatic nitrogens is 6. The van der Waals surface area contributed by atoms with E-state index in [2.05, 4.69) is 21.6 Å². The SMILES string of the molecule is C=CC(=O)N1Cc2c(C)c(-c3cc(OC(CO)c4ccc(F)cn4)c4c(OC)cnn4c3)nn2CC1Cc1ccccn1.CC. The molecule has 0 aliphatic carbocycles. The third-order valence-corrected chi connectivity index (χ3v) is 7.65. The van der Waals surface area contributed by atoms with Crippen LogP contribution in [0.3, 0.4) is 0 Å². The first-order valence-corrected chi connectivity index (χ1v) is 14.7. The fourth-order valence-corrected chi connectivity index (χ4v) is 5.46. The topological polar surface area (TPSA) is 120 Å². The molecule has 6 rings (SSSR count). The molecule has 5 aromatic rings. The Labute approximate surface area is 260 Å². The molecule has 1 N–H and O–H groups in total. The molecule has 11 nitrogen and oxygen atoms in total. The highest BCUT2D eigenvalue weighted by Crippen LogP contribution is 2.37. The minimum absolute atomic E-state index is 0.153. The van der Waals surface area contributed by atoms with Crippen LogP contribution in [0.4, 0.5) is 4.39 Å². The second-order valence-electron chi connectivity index (χ2n) is 10.2. The summed E-state index contributed by atoms with van der Waals surface area (Å²) in [4.78, 5) is 23.3. The van der Waals surface area contributed by atoms with Crippen LogP contribution in [0.15, 0.2) is 73.8 Å².